The third-order valence-electron chi connectivity index (χ3n) is 2.52. The van der Waals surface area contributed by atoms with Crippen molar-refractivity contribution in [3.8, 4) is 0 Å². The Morgan fingerprint density at radius 1 is 1.30 bits per heavy atom. The number of aryl methyl sites for hydroxylation is 1. The first-order chi connectivity index (χ1) is 9.52. The lowest BCUT2D eigenvalue weighted by Crippen LogP contribution is -2.09. The highest BCUT2D eigenvalue weighted by Crippen LogP contribution is 2.34. The van der Waals surface area contributed by atoms with Crippen molar-refractivity contribution in [2.24, 2.45) is 0 Å². The lowest BCUT2D eigenvalue weighted by molar-refractivity contribution is 0.103. The number of hydrogen-bond acceptors (Lipinski definition) is 7. The second-order valence-electron chi connectivity index (χ2n) is 4.42. The zero-order valence-electron chi connectivity index (χ0n) is 11.1. The van der Waals surface area contributed by atoms with E-state index in [2.05, 4.69) is 15.3 Å². The molecule has 0 aliphatic rings. The molecular formula is C12H12N4OS3. The number of aromatic nitrogens is 2. The second kappa shape index (κ2) is 5.12. The zero-order valence-corrected chi connectivity index (χ0v) is 13.6. The summed E-state index contributed by atoms with van der Waals surface area (Å²) in [4.78, 5) is 24.4. The van der Waals surface area contributed by atoms with Crippen LogP contribution >= 0.6 is 34.0 Å². The number of fused-ring (bicyclic) bond motifs is 1. The molecule has 0 saturated heterocycles. The Hall–Kier alpha value is -1.51. The van der Waals surface area contributed by atoms with Crippen molar-refractivity contribution >= 4 is 59.7 Å². The van der Waals surface area contributed by atoms with Crippen LogP contribution in [0, 0.1) is 6.92 Å². The summed E-state index contributed by atoms with van der Waals surface area (Å²) in [6.45, 7) is 1.90. The molecule has 0 radical (unpaired) electrons. The quantitative estimate of drug-likeness (QED) is 0.802. The average molecular weight is 324 g/mol. The van der Waals surface area contributed by atoms with Crippen molar-refractivity contribution in [3.63, 3.8) is 0 Å². The first-order valence-electron chi connectivity index (χ1n) is 5.84. The fourth-order valence-corrected chi connectivity index (χ4v) is 4.31. The normalized spacial score (nSPS) is 10.9. The minimum Gasteiger partial charge on any atom is -0.354 e. The molecule has 0 spiro atoms. The number of thiazole rings is 2. The summed E-state index contributed by atoms with van der Waals surface area (Å²) in [5.74, 6) is -0.124. The van der Waals surface area contributed by atoms with Gasteiger partial charge in [-0.05, 0) is 13.0 Å². The van der Waals surface area contributed by atoms with Crippen molar-refractivity contribution in [2.75, 3.05) is 24.3 Å². The molecule has 0 saturated carbocycles. The van der Waals surface area contributed by atoms with Crippen LogP contribution in [0.4, 0.5) is 10.3 Å². The fraction of sp³-hybridized carbons (Fsp3) is 0.250. The highest BCUT2D eigenvalue weighted by atomic mass is 32.1. The number of rotatable bonds is 3. The molecule has 0 atom stereocenters. The number of carbonyl (C=O) groups excluding carboxylic acids is 1. The number of nitrogens with zero attached hydrogens (tertiary/aromatic N) is 3. The number of thiophene rings is 1. The predicted molar refractivity (Wildman–Crippen MR) is 86.6 cm³/mol. The Morgan fingerprint density at radius 2 is 2.10 bits per heavy atom. The third-order valence-corrected chi connectivity index (χ3v) is 5.73. The molecule has 0 bridgehead atoms. The molecule has 8 heteroatoms. The maximum absolute atomic E-state index is 12.1. The first kappa shape index (κ1) is 13.5. The van der Waals surface area contributed by atoms with E-state index in [-0.39, 0.29) is 5.91 Å². The van der Waals surface area contributed by atoms with E-state index in [4.69, 9.17) is 0 Å². The molecule has 1 amide bonds. The molecule has 0 aliphatic carbocycles. The number of nitrogens with one attached hydrogen (secondary N) is 1. The SMILES string of the molecule is Cc1csc(NC(=O)c2cc3sc(N(C)C)nc3s2)n1. The van der Waals surface area contributed by atoms with Crippen molar-refractivity contribution < 1.29 is 4.79 Å². The zero-order chi connectivity index (χ0) is 14.3. The molecule has 0 unspecified atom stereocenters. The summed E-state index contributed by atoms with van der Waals surface area (Å²) in [6, 6.07) is 1.89. The minimum atomic E-state index is -0.124. The van der Waals surface area contributed by atoms with E-state index in [1.807, 2.05) is 37.4 Å². The van der Waals surface area contributed by atoms with Gasteiger partial charge in [0.25, 0.3) is 5.91 Å². The van der Waals surface area contributed by atoms with Crippen LogP contribution in [0.3, 0.4) is 0 Å². The van der Waals surface area contributed by atoms with Gasteiger partial charge in [0, 0.05) is 19.5 Å². The van der Waals surface area contributed by atoms with Gasteiger partial charge in [-0.1, -0.05) is 11.3 Å². The van der Waals surface area contributed by atoms with E-state index in [0.29, 0.717) is 10.0 Å². The summed E-state index contributed by atoms with van der Waals surface area (Å²) in [5, 5.41) is 6.31. The maximum Gasteiger partial charge on any atom is 0.267 e. The average Bonchev–Trinajstić information content (AvgIpc) is 3.02. The molecule has 3 aromatic heterocycles. The highest BCUT2D eigenvalue weighted by Gasteiger charge is 2.15. The minimum absolute atomic E-state index is 0.124. The van der Waals surface area contributed by atoms with Crippen molar-refractivity contribution in [2.45, 2.75) is 6.92 Å². The first-order valence-corrected chi connectivity index (χ1v) is 8.35. The standard InChI is InChI=1S/C12H12N4OS3/c1-6-5-18-11(13-6)14-9(17)7-4-8-10(19-7)15-12(20-8)16(2)3/h4-5H,1-3H3,(H,13,14,17). The van der Waals surface area contributed by atoms with Gasteiger partial charge in [-0.2, -0.15) is 0 Å². The Labute approximate surface area is 127 Å². The molecular weight excluding hydrogens is 312 g/mol. The van der Waals surface area contributed by atoms with E-state index in [1.165, 1.54) is 22.7 Å². The second-order valence-corrected chi connectivity index (χ2v) is 7.32. The van der Waals surface area contributed by atoms with Crippen molar-refractivity contribution in [3.05, 3.63) is 22.0 Å². The van der Waals surface area contributed by atoms with E-state index < -0.39 is 0 Å². The van der Waals surface area contributed by atoms with Gasteiger partial charge < -0.3 is 4.90 Å². The maximum atomic E-state index is 12.1. The van der Waals surface area contributed by atoms with Crippen LogP contribution < -0.4 is 10.2 Å². The topological polar surface area (TPSA) is 58.1 Å². The van der Waals surface area contributed by atoms with Crippen LogP contribution in [-0.2, 0) is 0 Å². The number of carbonyl (C=O) groups is 1. The molecule has 3 aromatic rings. The molecule has 0 aromatic carbocycles. The Balaban J connectivity index is 1.83. The van der Waals surface area contributed by atoms with Crippen molar-refractivity contribution in [1.82, 2.24) is 9.97 Å². The molecule has 0 fully saturated rings. The summed E-state index contributed by atoms with van der Waals surface area (Å²) in [6.07, 6.45) is 0. The summed E-state index contributed by atoms with van der Waals surface area (Å²) < 4.78 is 1.04. The van der Waals surface area contributed by atoms with Crippen LogP contribution in [0.25, 0.3) is 9.53 Å². The Kier molecular flexibility index (Phi) is 3.45. The van der Waals surface area contributed by atoms with Crippen LogP contribution in [0.1, 0.15) is 15.4 Å². The molecule has 3 rings (SSSR count). The molecule has 1 N–H and O–H groups in total. The van der Waals surface area contributed by atoms with Gasteiger partial charge in [-0.15, -0.1) is 22.7 Å². The lowest BCUT2D eigenvalue weighted by atomic mass is 10.4. The number of amides is 1. The van der Waals surface area contributed by atoms with Crippen LogP contribution in [0.15, 0.2) is 11.4 Å². The summed E-state index contributed by atoms with van der Waals surface area (Å²) in [5.41, 5.74) is 0.912. The number of anilines is 2. The van der Waals surface area contributed by atoms with Gasteiger partial charge in [-0.3, -0.25) is 10.1 Å². The Morgan fingerprint density at radius 3 is 2.70 bits per heavy atom. The van der Waals surface area contributed by atoms with Crippen LogP contribution in [0.2, 0.25) is 0 Å². The third kappa shape index (κ3) is 2.54. The number of hydrogen-bond donors (Lipinski definition) is 1. The van der Waals surface area contributed by atoms with Gasteiger partial charge in [0.2, 0.25) is 0 Å². The molecule has 0 aliphatic heterocycles. The largest absolute Gasteiger partial charge is 0.354 e. The summed E-state index contributed by atoms with van der Waals surface area (Å²) in [7, 11) is 3.92. The van der Waals surface area contributed by atoms with Gasteiger partial charge in [0.15, 0.2) is 10.3 Å². The fourth-order valence-electron chi connectivity index (χ4n) is 1.60. The van der Waals surface area contributed by atoms with E-state index in [0.717, 1.165) is 20.4 Å². The van der Waals surface area contributed by atoms with Crippen LogP contribution in [0.5, 0.6) is 0 Å². The van der Waals surface area contributed by atoms with Crippen LogP contribution in [-0.4, -0.2) is 30.0 Å². The van der Waals surface area contributed by atoms with Gasteiger partial charge >= 0.3 is 0 Å². The summed E-state index contributed by atoms with van der Waals surface area (Å²) >= 11 is 4.42. The van der Waals surface area contributed by atoms with Gasteiger partial charge in [-0.25, -0.2) is 9.97 Å². The lowest BCUT2D eigenvalue weighted by Gasteiger charge is -2.04. The molecule has 20 heavy (non-hydrogen) atoms. The van der Waals surface area contributed by atoms with E-state index in [9.17, 15) is 4.79 Å². The highest BCUT2D eigenvalue weighted by molar-refractivity contribution is 7.29. The predicted octanol–water partition coefficient (Wildman–Crippen LogP) is 3.44. The monoisotopic (exact) mass is 324 g/mol. The van der Waals surface area contributed by atoms with Gasteiger partial charge in [0.1, 0.15) is 4.83 Å². The molecule has 104 valence electrons. The molecule has 5 nitrogen and oxygen atoms in total. The Bertz CT molecular complexity index is 739. The van der Waals surface area contributed by atoms with E-state index >= 15 is 0 Å². The van der Waals surface area contributed by atoms with E-state index in [1.54, 1.807) is 11.3 Å². The molecule has 3 heterocycles. The van der Waals surface area contributed by atoms with Gasteiger partial charge in [0.05, 0.1) is 15.3 Å². The van der Waals surface area contributed by atoms with Crippen molar-refractivity contribution in [1.29, 1.82) is 0 Å². The smallest absolute Gasteiger partial charge is 0.267 e.